The number of amides is 1. The van der Waals surface area contributed by atoms with Gasteiger partial charge in [0.2, 0.25) is 0 Å². The van der Waals surface area contributed by atoms with Crippen molar-refractivity contribution in [2.75, 3.05) is 11.9 Å². The number of rotatable bonds is 7. The Bertz CT molecular complexity index is 1760. The number of anilines is 1. The van der Waals surface area contributed by atoms with Gasteiger partial charge >= 0.3 is 5.97 Å². The van der Waals surface area contributed by atoms with Gasteiger partial charge in [-0.15, -0.1) is 0 Å². The van der Waals surface area contributed by atoms with Crippen molar-refractivity contribution in [3.8, 4) is 17.5 Å². The Hall–Kier alpha value is -5.50. The van der Waals surface area contributed by atoms with Crippen molar-refractivity contribution in [1.29, 1.82) is 5.26 Å². The number of fused-ring (bicyclic) bond motifs is 1. The van der Waals surface area contributed by atoms with Gasteiger partial charge in [0.15, 0.2) is 17.1 Å². The van der Waals surface area contributed by atoms with Crippen LogP contribution in [0.2, 0.25) is 0 Å². The number of carboxylic acids is 1. The summed E-state index contributed by atoms with van der Waals surface area (Å²) in [5.74, 6) is -0.395. The standard InChI is InChI=1S/C28H22N6O5/c1-16-23(13-29)24(15-38-22-9-7-18(8-10-22)28(36)37)34(32-16)20-6-4-5-19(11-20)27(35)33(3)21-12-25-26(30-14-21)31-17(2)39-25/h4-12,14H,15H2,1-3H3,(H,36,37). The maximum Gasteiger partial charge on any atom is 0.335 e. The molecule has 2 aromatic carbocycles. The van der Waals surface area contributed by atoms with Crippen molar-refractivity contribution in [2.24, 2.45) is 0 Å². The van der Waals surface area contributed by atoms with E-state index in [2.05, 4.69) is 21.1 Å². The molecule has 1 amide bonds. The Balaban J connectivity index is 1.43. The number of pyridine rings is 1. The van der Waals surface area contributed by atoms with Gasteiger partial charge in [-0.2, -0.15) is 15.3 Å². The van der Waals surface area contributed by atoms with Crippen LogP contribution >= 0.6 is 0 Å². The Morgan fingerprint density at radius 1 is 1.13 bits per heavy atom. The molecule has 3 heterocycles. The van der Waals surface area contributed by atoms with Crippen molar-refractivity contribution in [3.63, 3.8) is 0 Å². The summed E-state index contributed by atoms with van der Waals surface area (Å²) in [6, 6.07) is 16.7. The average Bonchev–Trinajstić information content (AvgIpc) is 3.48. The third kappa shape index (κ3) is 4.91. The Morgan fingerprint density at radius 3 is 2.62 bits per heavy atom. The molecule has 0 aliphatic carbocycles. The van der Waals surface area contributed by atoms with Crippen LogP contribution in [-0.4, -0.2) is 43.8 Å². The molecule has 5 aromatic rings. The molecule has 0 aliphatic heterocycles. The van der Waals surface area contributed by atoms with E-state index in [4.69, 9.17) is 14.3 Å². The number of hydrogen-bond acceptors (Lipinski definition) is 8. The second-order valence-electron chi connectivity index (χ2n) is 8.71. The summed E-state index contributed by atoms with van der Waals surface area (Å²) in [6.45, 7) is 3.44. The molecule has 194 valence electrons. The van der Waals surface area contributed by atoms with Crippen LogP contribution in [0.3, 0.4) is 0 Å². The first-order valence-corrected chi connectivity index (χ1v) is 11.8. The molecule has 11 nitrogen and oxygen atoms in total. The van der Waals surface area contributed by atoms with Crippen LogP contribution in [0, 0.1) is 25.2 Å². The number of oxazole rings is 1. The molecular weight excluding hydrogens is 500 g/mol. The number of aromatic nitrogens is 4. The lowest BCUT2D eigenvalue weighted by atomic mass is 10.1. The smallest absolute Gasteiger partial charge is 0.335 e. The fraction of sp³-hybridized carbons (Fsp3) is 0.143. The maximum atomic E-state index is 13.4. The van der Waals surface area contributed by atoms with Crippen LogP contribution in [0.4, 0.5) is 5.69 Å². The van der Waals surface area contributed by atoms with Gasteiger partial charge in [0, 0.05) is 25.6 Å². The van der Waals surface area contributed by atoms with E-state index < -0.39 is 5.97 Å². The lowest BCUT2D eigenvalue weighted by Gasteiger charge is -2.17. The van der Waals surface area contributed by atoms with Crippen LogP contribution in [0.1, 0.15) is 43.6 Å². The molecule has 0 fully saturated rings. The van der Waals surface area contributed by atoms with E-state index in [1.807, 2.05) is 0 Å². The van der Waals surface area contributed by atoms with Crippen LogP contribution in [0.15, 0.2) is 65.2 Å². The minimum atomic E-state index is -1.04. The highest BCUT2D eigenvalue weighted by atomic mass is 16.5. The van der Waals surface area contributed by atoms with Gasteiger partial charge in [-0.05, 0) is 49.4 Å². The molecule has 3 aromatic heterocycles. The quantitative estimate of drug-likeness (QED) is 0.327. The first-order chi connectivity index (χ1) is 18.7. The summed E-state index contributed by atoms with van der Waals surface area (Å²) in [4.78, 5) is 34.4. The first kappa shape index (κ1) is 25.2. The summed E-state index contributed by atoms with van der Waals surface area (Å²) >= 11 is 0. The molecule has 0 atom stereocenters. The number of carbonyl (C=O) groups is 2. The highest BCUT2D eigenvalue weighted by Gasteiger charge is 2.20. The van der Waals surface area contributed by atoms with Crippen molar-refractivity contribution in [2.45, 2.75) is 20.5 Å². The predicted molar refractivity (Wildman–Crippen MR) is 140 cm³/mol. The second kappa shape index (κ2) is 10.1. The summed E-state index contributed by atoms with van der Waals surface area (Å²) < 4.78 is 13.0. The Labute approximate surface area is 222 Å². The molecule has 0 spiro atoms. The zero-order chi connectivity index (χ0) is 27.7. The molecule has 0 saturated carbocycles. The third-order valence-electron chi connectivity index (χ3n) is 6.11. The second-order valence-corrected chi connectivity index (χ2v) is 8.71. The van der Waals surface area contributed by atoms with Crippen LogP contribution in [-0.2, 0) is 6.61 Å². The Morgan fingerprint density at radius 2 is 1.90 bits per heavy atom. The molecule has 11 heteroatoms. The number of hydrogen-bond donors (Lipinski definition) is 1. The maximum absolute atomic E-state index is 13.4. The highest BCUT2D eigenvalue weighted by molar-refractivity contribution is 6.06. The molecule has 1 N–H and O–H groups in total. The van der Waals surface area contributed by atoms with E-state index >= 15 is 0 Å². The van der Waals surface area contributed by atoms with E-state index in [1.54, 1.807) is 74.2 Å². The average molecular weight is 523 g/mol. The molecule has 0 aliphatic rings. The summed E-state index contributed by atoms with van der Waals surface area (Å²) in [5, 5.41) is 23.4. The van der Waals surface area contributed by atoms with E-state index in [1.165, 1.54) is 17.0 Å². The van der Waals surface area contributed by atoms with Gasteiger partial charge in [-0.25, -0.2) is 14.5 Å². The first-order valence-electron chi connectivity index (χ1n) is 11.8. The Kier molecular flexibility index (Phi) is 6.52. The van der Waals surface area contributed by atoms with Gasteiger partial charge in [-0.3, -0.25) is 4.79 Å². The number of nitrogens with zero attached hydrogens (tertiary/aromatic N) is 6. The monoisotopic (exact) mass is 522 g/mol. The number of carboxylic acid groups (broad SMARTS) is 1. The molecule has 0 unspecified atom stereocenters. The normalized spacial score (nSPS) is 10.8. The van der Waals surface area contributed by atoms with Gasteiger partial charge in [0.05, 0.1) is 34.5 Å². The topological polar surface area (TPSA) is 147 Å². The van der Waals surface area contributed by atoms with Crippen molar-refractivity contribution in [3.05, 3.63) is 94.8 Å². The van der Waals surface area contributed by atoms with Crippen molar-refractivity contribution in [1.82, 2.24) is 19.7 Å². The number of ether oxygens (including phenoxy) is 1. The van der Waals surface area contributed by atoms with Crippen LogP contribution < -0.4 is 9.64 Å². The van der Waals surface area contributed by atoms with Crippen molar-refractivity contribution < 1.29 is 23.8 Å². The largest absolute Gasteiger partial charge is 0.487 e. The van der Waals surface area contributed by atoms with Crippen molar-refractivity contribution >= 4 is 28.8 Å². The van der Waals surface area contributed by atoms with Crippen LogP contribution in [0.25, 0.3) is 16.9 Å². The molecule has 5 rings (SSSR count). The lowest BCUT2D eigenvalue weighted by Crippen LogP contribution is -2.26. The highest BCUT2D eigenvalue weighted by Crippen LogP contribution is 2.24. The third-order valence-corrected chi connectivity index (χ3v) is 6.11. The van der Waals surface area contributed by atoms with E-state index in [0.717, 1.165) is 0 Å². The molecule has 0 bridgehead atoms. The van der Waals surface area contributed by atoms with E-state index in [9.17, 15) is 14.9 Å². The number of aryl methyl sites for hydroxylation is 2. The van der Waals surface area contributed by atoms with Gasteiger partial charge in [0.1, 0.15) is 24.0 Å². The van der Waals surface area contributed by atoms with Gasteiger partial charge in [-0.1, -0.05) is 6.07 Å². The summed E-state index contributed by atoms with van der Waals surface area (Å²) in [6.07, 6.45) is 1.56. The minimum Gasteiger partial charge on any atom is -0.487 e. The number of aromatic carboxylic acids is 1. The molecular formula is C28H22N6O5. The minimum absolute atomic E-state index is 0.00346. The molecule has 0 radical (unpaired) electrons. The fourth-order valence-corrected chi connectivity index (χ4v) is 4.10. The SMILES string of the molecule is Cc1nc2ncc(N(C)C(=O)c3cccc(-n4nc(C)c(C#N)c4COc4ccc(C(=O)O)cc4)c3)cc2o1. The van der Waals surface area contributed by atoms with Gasteiger partial charge in [0.25, 0.3) is 5.91 Å². The van der Waals surface area contributed by atoms with Crippen LogP contribution in [0.5, 0.6) is 5.75 Å². The fourth-order valence-electron chi connectivity index (χ4n) is 4.10. The molecule has 39 heavy (non-hydrogen) atoms. The number of nitriles is 1. The number of benzene rings is 2. The zero-order valence-electron chi connectivity index (χ0n) is 21.2. The molecule has 0 saturated heterocycles. The lowest BCUT2D eigenvalue weighted by molar-refractivity contribution is 0.0696. The zero-order valence-corrected chi connectivity index (χ0v) is 21.2. The van der Waals surface area contributed by atoms with Gasteiger partial charge < -0.3 is 19.2 Å². The van der Waals surface area contributed by atoms with E-state index in [-0.39, 0.29) is 18.1 Å². The number of carbonyl (C=O) groups excluding carboxylic acids is 1. The van der Waals surface area contributed by atoms with E-state index in [0.29, 0.717) is 56.8 Å². The summed E-state index contributed by atoms with van der Waals surface area (Å²) in [7, 11) is 1.64. The summed E-state index contributed by atoms with van der Waals surface area (Å²) in [5.41, 5.74) is 3.94. The predicted octanol–water partition coefficient (Wildman–Crippen LogP) is 4.45.